The highest BCUT2D eigenvalue weighted by Crippen LogP contribution is 2.22. The molecule has 0 aliphatic heterocycles. The monoisotopic (exact) mass is 435 g/mol. The highest BCUT2D eigenvalue weighted by atomic mass is 127. The Balaban J connectivity index is 2.02. The molecule has 0 saturated carbocycles. The number of anilines is 1. The number of nitrogens with one attached hydrogen (secondary N) is 1. The van der Waals surface area contributed by atoms with E-state index >= 15 is 0 Å². The van der Waals surface area contributed by atoms with E-state index in [2.05, 4.69) is 43.8 Å². The first-order chi connectivity index (χ1) is 9.06. The molecule has 0 fully saturated rings. The van der Waals surface area contributed by atoms with Gasteiger partial charge in [-0.05, 0) is 58.5 Å². The summed E-state index contributed by atoms with van der Waals surface area (Å²) in [6, 6.07) is 12.1. The second kappa shape index (κ2) is 6.67. The summed E-state index contributed by atoms with van der Waals surface area (Å²) in [5.41, 5.74) is 1.65. The van der Waals surface area contributed by atoms with Crippen LogP contribution >= 0.6 is 38.5 Å². The van der Waals surface area contributed by atoms with Gasteiger partial charge in [-0.3, -0.25) is 0 Å². The molecule has 2 aromatic rings. The van der Waals surface area contributed by atoms with Gasteiger partial charge in [-0.1, -0.05) is 28.1 Å². The fourth-order valence-corrected chi connectivity index (χ4v) is 2.76. The third kappa shape index (κ3) is 4.15. The topological polar surface area (TPSA) is 32.3 Å². The molecule has 1 unspecified atom stereocenters. The molecule has 100 valence electrons. The maximum Gasteiger partial charge on any atom is 0.124 e. The summed E-state index contributed by atoms with van der Waals surface area (Å²) in [6.45, 7) is 0.373. The summed E-state index contributed by atoms with van der Waals surface area (Å²) >= 11 is 5.43. The predicted octanol–water partition coefficient (Wildman–Crippen LogP) is 4.34. The van der Waals surface area contributed by atoms with Gasteiger partial charge in [0.2, 0.25) is 0 Å². The van der Waals surface area contributed by atoms with Gasteiger partial charge in [0.15, 0.2) is 0 Å². The predicted molar refractivity (Wildman–Crippen MR) is 86.7 cm³/mol. The molecule has 0 amide bonds. The number of rotatable bonds is 4. The Bertz CT molecular complexity index is 579. The van der Waals surface area contributed by atoms with Crippen molar-refractivity contribution in [3.8, 4) is 0 Å². The van der Waals surface area contributed by atoms with E-state index in [1.807, 2.05) is 24.3 Å². The van der Waals surface area contributed by atoms with E-state index in [0.717, 1.165) is 19.3 Å². The highest BCUT2D eigenvalue weighted by Gasteiger charge is 2.09. The Morgan fingerprint density at radius 3 is 2.74 bits per heavy atom. The van der Waals surface area contributed by atoms with Gasteiger partial charge in [-0.2, -0.15) is 0 Å². The van der Waals surface area contributed by atoms with E-state index < -0.39 is 6.10 Å². The summed E-state index contributed by atoms with van der Waals surface area (Å²) in [4.78, 5) is 0. The molecule has 0 radical (unpaired) electrons. The lowest BCUT2D eigenvalue weighted by atomic mass is 10.1. The minimum absolute atomic E-state index is 0.262. The smallest absolute Gasteiger partial charge is 0.124 e. The highest BCUT2D eigenvalue weighted by molar-refractivity contribution is 14.1. The first-order valence-corrected chi connectivity index (χ1v) is 7.56. The maximum atomic E-state index is 13.0. The Morgan fingerprint density at radius 1 is 1.26 bits per heavy atom. The minimum Gasteiger partial charge on any atom is -0.387 e. The minimum atomic E-state index is -0.613. The van der Waals surface area contributed by atoms with Crippen molar-refractivity contribution >= 4 is 44.2 Å². The summed E-state index contributed by atoms with van der Waals surface area (Å²) in [5, 5.41) is 13.2. The first kappa shape index (κ1) is 14.7. The third-order valence-electron chi connectivity index (χ3n) is 2.65. The van der Waals surface area contributed by atoms with Gasteiger partial charge in [0.1, 0.15) is 5.82 Å². The number of hydrogen-bond donors (Lipinski definition) is 2. The van der Waals surface area contributed by atoms with Crippen LogP contribution in [0.5, 0.6) is 0 Å². The zero-order valence-corrected chi connectivity index (χ0v) is 13.7. The van der Waals surface area contributed by atoms with E-state index in [1.165, 1.54) is 12.1 Å². The van der Waals surface area contributed by atoms with Crippen LogP contribution in [-0.2, 0) is 0 Å². The molecule has 0 aliphatic carbocycles. The molecule has 1 atom stereocenters. The van der Waals surface area contributed by atoms with E-state index in [0.29, 0.717) is 6.54 Å². The fraction of sp³-hybridized carbons (Fsp3) is 0.143. The molecular formula is C14H12BrFINO. The van der Waals surface area contributed by atoms with Crippen LogP contribution < -0.4 is 5.32 Å². The number of benzene rings is 2. The Morgan fingerprint density at radius 2 is 2.05 bits per heavy atom. The largest absolute Gasteiger partial charge is 0.387 e. The van der Waals surface area contributed by atoms with Gasteiger partial charge in [0.05, 0.1) is 6.10 Å². The molecule has 2 nitrogen and oxygen atoms in total. The van der Waals surface area contributed by atoms with Crippen molar-refractivity contribution in [3.63, 3.8) is 0 Å². The lowest BCUT2D eigenvalue weighted by Crippen LogP contribution is -2.12. The van der Waals surface area contributed by atoms with Crippen molar-refractivity contribution in [2.45, 2.75) is 6.10 Å². The van der Waals surface area contributed by atoms with Crippen LogP contribution in [0.15, 0.2) is 46.9 Å². The molecule has 2 aromatic carbocycles. The average molecular weight is 436 g/mol. The first-order valence-electron chi connectivity index (χ1n) is 5.69. The maximum absolute atomic E-state index is 13.0. The normalized spacial score (nSPS) is 12.2. The lowest BCUT2D eigenvalue weighted by Gasteiger charge is -2.14. The Labute approximate surface area is 133 Å². The standard InChI is InChI=1S/C14H12BrFINO/c15-10-3-1-2-9(6-10)14(19)8-18-13-5-4-11(16)7-12(13)17/h1-7,14,18-19H,8H2. The number of halogens is 3. The lowest BCUT2D eigenvalue weighted by molar-refractivity contribution is 0.191. The summed E-state index contributed by atoms with van der Waals surface area (Å²) in [6.07, 6.45) is -0.613. The van der Waals surface area contributed by atoms with Gasteiger partial charge in [0.25, 0.3) is 0 Å². The van der Waals surface area contributed by atoms with Crippen LogP contribution in [0.3, 0.4) is 0 Å². The van der Waals surface area contributed by atoms with Crippen LogP contribution in [0.4, 0.5) is 10.1 Å². The second-order valence-electron chi connectivity index (χ2n) is 4.08. The molecule has 0 bridgehead atoms. The van der Waals surface area contributed by atoms with Gasteiger partial charge < -0.3 is 10.4 Å². The molecule has 0 aromatic heterocycles. The molecular weight excluding hydrogens is 424 g/mol. The van der Waals surface area contributed by atoms with E-state index in [-0.39, 0.29) is 5.82 Å². The molecule has 19 heavy (non-hydrogen) atoms. The van der Waals surface area contributed by atoms with E-state index in [9.17, 15) is 9.50 Å². The van der Waals surface area contributed by atoms with Crippen molar-refractivity contribution in [1.82, 2.24) is 0 Å². The van der Waals surface area contributed by atoms with Crippen LogP contribution in [0.2, 0.25) is 0 Å². The van der Waals surface area contributed by atoms with Crippen molar-refractivity contribution in [2.24, 2.45) is 0 Å². The van der Waals surface area contributed by atoms with E-state index in [1.54, 1.807) is 6.07 Å². The molecule has 5 heteroatoms. The molecule has 0 spiro atoms. The number of aliphatic hydroxyl groups is 1. The van der Waals surface area contributed by atoms with Crippen molar-refractivity contribution in [2.75, 3.05) is 11.9 Å². The molecule has 2 N–H and O–H groups in total. The third-order valence-corrected chi connectivity index (χ3v) is 4.04. The summed E-state index contributed by atoms with van der Waals surface area (Å²) < 4.78 is 14.7. The second-order valence-corrected chi connectivity index (χ2v) is 6.15. The summed E-state index contributed by atoms with van der Waals surface area (Å²) in [7, 11) is 0. The fourth-order valence-electron chi connectivity index (χ4n) is 1.67. The van der Waals surface area contributed by atoms with Crippen LogP contribution in [0.25, 0.3) is 0 Å². The van der Waals surface area contributed by atoms with Gasteiger partial charge >= 0.3 is 0 Å². The van der Waals surface area contributed by atoms with Crippen LogP contribution in [-0.4, -0.2) is 11.7 Å². The van der Waals surface area contributed by atoms with Gasteiger partial charge in [0, 0.05) is 20.3 Å². The quantitative estimate of drug-likeness (QED) is 0.700. The molecule has 2 rings (SSSR count). The zero-order valence-electron chi connectivity index (χ0n) is 9.91. The summed E-state index contributed by atoms with van der Waals surface area (Å²) in [5.74, 6) is -0.262. The Hall–Kier alpha value is -0.660. The van der Waals surface area contributed by atoms with E-state index in [4.69, 9.17) is 0 Å². The Kier molecular flexibility index (Phi) is 5.18. The SMILES string of the molecule is OC(CNc1ccc(F)cc1I)c1cccc(Br)c1. The molecule has 0 saturated heterocycles. The van der Waals surface area contributed by atoms with Crippen molar-refractivity contribution in [1.29, 1.82) is 0 Å². The van der Waals surface area contributed by atoms with Crippen LogP contribution in [0, 0.1) is 9.39 Å². The molecule has 0 heterocycles. The number of aliphatic hydroxyl groups excluding tert-OH is 1. The number of hydrogen-bond acceptors (Lipinski definition) is 2. The average Bonchev–Trinajstić information content (AvgIpc) is 2.37. The van der Waals surface area contributed by atoms with Crippen LogP contribution in [0.1, 0.15) is 11.7 Å². The van der Waals surface area contributed by atoms with Gasteiger partial charge in [-0.25, -0.2) is 4.39 Å². The molecule has 0 aliphatic rings. The van der Waals surface area contributed by atoms with Crippen molar-refractivity contribution in [3.05, 3.63) is 61.9 Å². The zero-order chi connectivity index (χ0) is 13.8. The van der Waals surface area contributed by atoms with Crippen molar-refractivity contribution < 1.29 is 9.50 Å². The van der Waals surface area contributed by atoms with Gasteiger partial charge in [-0.15, -0.1) is 0 Å².